The number of allylic oxidation sites excluding steroid dienone is 5. The Hall–Kier alpha value is -1.92. The number of rotatable bonds is 59. The summed E-state index contributed by atoms with van der Waals surface area (Å²) in [5.74, 6) is -0.0543. The van der Waals surface area contributed by atoms with Gasteiger partial charge in [-0.2, -0.15) is 0 Å². The Morgan fingerprint density at radius 2 is 0.704 bits per heavy atom. The number of carbonyl (C=O) groups is 2. The number of aliphatic hydroxyl groups excluding tert-OH is 2. The van der Waals surface area contributed by atoms with Gasteiger partial charge in [-0.1, -0.05) is 301 Å². The Kier molecular flexibility index (Phi) is 59.0. The maximum atomic E-state index is 12.4. The molecule has 0 aromatic rings. The van der Waals surface area contributed by atoms with Crippen LogP contribution in [0.3, 0.4) is 0 Å². The molecule has 0 spiro atoms. The van der Waals surface area contributed by atoms with Crippen LogP contribution in [0.25, 0.3) is 0 Å². The van der Waals surface area contributed by atoms with Crippen LogP contribution in [-0.4, -0.2) is 47.4 Å². The molecule has 6 nitrogen and oxygen atoms in total. The molecule has 418 valence electrons. The number of aliphatic hydroxyl groups is 2. The first-order valence-corrected chi connectivity index (χ1v) is 31.8. The third-order valence-electron chi connectivity index (χ3n) is 14.7. The Morgan fingerprint density at radius 1 is 0.394 bits per heavy atom. The van der Waals surface area contributed by atoms with E-state index >= 15 is 0 Å². The molecule has 0 saturated heterocycles. The van der Waals surface area contributed by atoms with Crippen LogP contribution in [0.5, 0.6) is 0 Å². The molecule has 0 heterocycles. The van der Waals surface area contributed by atoms with Crippen LogP contribution >= 0.6 is 0 Å². The molecular weight excluding hydrogens is 875 g/mol. The zero-order valence-corrected chi connectivity index (χ0v) is 47.7. The first kappa shape index (κ1) is 69.1. The number of amides is 1. The molecule has 0 bridgehead atoms. The minimum absolute atomic E-state index is 0.0143. The number of hydrogen-bond donors (Lipinski definition) is 3. The fraction of sp³-hybridized carbons (Fsp3) is 0.877. The maximum absolute atomic E-state index is 12.4. The van der Waals surface area contributed by atoms with E-state index in [-0.39, 0.29) is 18.5 Å². The van der Waals surface area contributed by atoms with Gasteiger partial charge in [0.15, 0.2) is 0 Å². The number of esters is 1. The average molecular weight is 999 g/mol. The molecule has 6 heteroatoms. The van der Waals surface area contributed by atoms with Crippen molar-refractivity contribution in [3.63, 3.8) is 0 Å². The molecule has 2 unspecified atom stereocenters. The molecule has 0 aliphatic carbocycles. The number of carbonyl (C=O) groups excluding carboxylic acids is 2. The van der Waals surface area contributed by atoms with Gasteiger partial charge in [0.25, 0.3) is 0 Å². The van der Waals surface area contributed by atoms with Gasteiger partial charge in [0.2, 0.25) is 5.91 Å². The summed E-state index contributed by atoms with van der Waals surface area (Å²) in [6.07, 6.45) is 76.4. The van der Waals surface area contributed by atoms with Crippen LogP contribution in [0.1, 0.15) is 341 Å². The predicted octanol–water partition coefficient (Wildman–Crippen LogP) is 20.0. The molecule has 2 atom stereocenters. The largest absolute Gasteiger partial charge is 0.466 e. The van der Waals surface area contributed by atoms with Gasteiger partial charge in [0.05, 0.1) is 25.4 Å². The minimum Gasteiger partial charge on any atom is -0.466 e. The molecule has 0 rings (SSSR count). The van der Waals surface area contributed by atoms with Gasteiger partial charge in [-0.15, -0.1) is 0 Å². The Labute approximate surface area is 443 Å². The standard InChI is InChI=1S/C65H123NO5/c1-3-5-7-9-11-13-15-35-39-43-47-51-55-59-65(70)71-60-56-52-48-44-40-37-34-32-30-28-26-24-22-20-18-16-17-19-21-23-25-27-29-31-33-36-38-42-46-50-54-58-64(69)66-62(61-67)63(68)57-53-49-45-41-14-12-10-8-6-4-2/h18,20,24,26,53,57,62-63,67-68H,3-17,19,21-23,25,27-52,54-56,58-61H2,1-2H3,(H,66,69)/b20-18-,26-24-,57-53+. The highest BCUT2D eigenvalue weighted by atomic mass is 16.5. The SMILES string of the molecule is CCCCCCCCCC/C=C/C(O)C(CO)NC(=O)CCCCCCCCCCCCCCCCC/C=C\C/C=C\CCCCCCCCCCCOC(=O)CCCCCCCCCCCCCCC. The van der Waals surface area contributed by atoms with E-state index in [1.807, 2.05) is 6.08 Å². The molecule has 1 amide bonds. The van der Waals surface area contributed by atoms with E-state index in [4.69, 9.17) is 4.74 Å². The maximum Gasteiger partial charge on any atom is 0.305 e. The highest BCUT2D eigenvalue weighted by Gasteiger charge is 2.18. The molecule has 0 fully saturated rings. The highest BCUT2D eigenvalue weighted by molar-refractivity contribution is 5.76. The quantitative estimate of drug-likeness (QED) is 0.0321. The molecule has 0 aliphatic rings. The summed E-state index contributed by atoms with van der Waals surface area (Å²) >= 11 is 0. The van der Waals surface area contributed by atoms with Gasteiger partial charge in [-0.25, -0.2) is 0 Å². The van der Waals surface area contributed by atoms with Gasteiger partial charge >= 0.3 is 5.97 Å². The smallest absolute Gasteiger partial charge is 0.305 e. The first-order valence-electron chi connectivity index (χ1n) is 31.8. The van der Waals surface area contributed by atoms with Gasteiger partial charge in [-0.3, -0.25) is 9.59 Å². The Balaban J connectivity index is 3.38. The monoisotopic (exact) mass is 998 g/mol. The van der Waals surface area contributed by atoms with Crippen molar-refractivity contribution in [3.05, 3.63) is 36.5 Å². The third-order valence-corrected chi connectivity index (χ3v) is 14.7. The lowest BCUT2D eigenvalue weighted by atomic mass is 10.0. The predicted molar refractivity (Wildman–Crippen MR) is 310 cm³/mol. The van der Waals surface area contributed by atoms with Crippen molar-refractivity contribution in [1.82, 2.24) is 5.32 Å². The number of ether oxygens (including phenoxy) is 1. The third kappa shape index (κ3) is 57.2. The Bertz CT molecular complexity index is 1150. The van der Waals surface area contributed by atoms with Crippen LogP contribution < -0.4 is 5.32 Å². The van der Waals surface area contributed by atoms with Crippen molar-refractivity contribution in [2.24, 2.45) is 0 Å². The molecule has 71 heavy (non-hydrogen) atoms. The summed E-state index contributed by atoms with van der Waals surface area (Å²) in [6.45, 7) is 4.90. The second-order valence-electron chi connectivity index (χ2n) is 21.7. The zero-order valence-electron chi connectivity index (χ0n) is 47.7. The molecule has 0 radical (unpaired) electrons. The van der Waals surface area contributed by atoms with Crippen molar-refractivity contribution < 1.29 is 24.5 Å². The second-order valence-corrected chi connectivity index (χ2v) is 21.7. The van der Waals surface area contributed by atoms with E-state index in [1.165, 1.54) is 270 Å². The normalized spacial score (nSPS) is 12.8. The fourth-order valence-corrected chi connectivity index (χ4v) is 9.78. The molecule has 0 aromatic carbocycles. The van der Waals surface area contributed by atoms with E-state index in [2.05, 4.69) is 43.5 Å². The van der Waals surface area contributed by atoms with E-state index in [9.17, 15) is 19.8 Å². The summed E-state index contributed by atoms with van der Waals surface area (Å²) in [6, 6.07) is -0.625. The first-order chi connectivity index (χ1) is 35.0. The number of hydrogen-bond acceptors (Lipinski definition) is 5. The summed E-state index contributed by atoms with van der Waals surface area (Å²) in [5, 5.41) is 23.0. The van der Waals surface area contributed by atoms with E-state index < -0.39 is 12.1 Å². The van der Waals surface area contributed by atoms with Gasteiger partial charge in [0.1, 0.15) is 0 Å². The average Bonchev–Trinajstić information content (AvgIpc) is 3.37. The van der Waals surface area contributed by atoms with Crippen LogP contribution in [0.2, 0.25) is 0 Å². The van der Waals surface area contributed by atoms with Crippen LogP contribution in [0.4, 0.5) is 0 Å². The number of nitrogens with one attached hydrogen (secondary N) is 1. The summed E-state index contributed by atoms with van der Waals surface area (Å²) in [4.78, 5) is 24.4. The van der Waals surface area contributed by atoms with E-state index in [0.717, 1.165) is 44.9 Å². The van der Waals surface area contributed by atoms with Crippen LogP contribution in [0.15, 0.2) is 36.5 Å². The molecule has 3 N–H and O–H groups in total. The lowest BCUT2D eigenvalue weighted by Crippen LogP contribution is -2.45. The van der Waals surface area contributed by atoms with Gasteiger partial charge in [-0.05, 0) is 64.2 Å². The Morgan fingerprint density at radius 3 is 1.07 bits per heavy atom. The van der Waals surface area contributed by atoms with Crippen LogP contribution in [0, 0.1) is 0 Å². The van der Waals surface area contributed by atoms with Crippen molar-refractivity contribution >= 4 is 11.9 Å². The summed E-state index contributed by atoms with van der Waals surface area (Å²) in [7, 11) is 0. The van der Waals surface area contributed by atoms with Gasteiger partial charge in [0, 0.05) is 12.8 Å². The topological polar surface area (TPSA) is 95.9 Å². The van der Waals surface area contributed by atoms with Gasteiger partial charge < -0.3 is 20.3 Å². The second kappa shape index (κ2) is 60.6. The molecule has 0 saturated carbocycles. The van der Waals surface area contributed by atoms with Crippen molar-refractivity contribution in [2.45, 2.75) is 353 Å². The molecule has 0 aliphatic heterocycles. The number of unbranched alkanes of at least 4 members (excludes halogenated alkanes) is 44. The summed E-state index contributed by atoms with van der Waals surface area (Å²) < 4.78 is 5.48. The van der Waals surface area contributed by atoms with E-state index in [0.29, 0.717) is 19.4 Å². The molecular formula is C65H123NO5. The summed E-state index contributed by atoms with van der Waals surface area (Å²) in [5.41, 5.74) is 0. The fourth-order valence-electron chi connectivity index (χ4n) is 9.78. The lowest BCUT2D eigenvalue weighted by molar-refractivity contribution is -0.143. The lowest BCUT2D eigenvalue weighted by Gasteiger charge is -2.20. The van der Waals surface area contributed by atoms with E-state index in [1.54, 1.807) is 6.08 Å². The zero-order chi connectivity index (χ0) is 51.4. The highest BCUT2D eigenvalue weighted by Crippen LogP contribution is 2.17. The van der Waals surface area contributed by atoms with Crippen molar-refractivity contribution in [1.29, 1.82) is 0 Å². The van der Waals surface area contributed by atoms with Crippen LogP contribution in [-0.2, 0) is 14.3 Å². The minimum atomic E-state index is -0.842. The van der Waals surface area contributed by atoms with Crippen molar-refractivity contribution in [3.8, 4) is 0 Å². The molecule has 0 aromatic heterocycles. The van der Waals surface area contributed by atoms with Crippen molar-refractivity contribution in [2.75, 3.05) is 13.2 Å².